The first-order valence-electron chi connectivity index (χ1n) is 6.57. The summed E-state index contributed by atoms with van der Waals surface area (Å²) >= 11 is 0. The number of carbonyl (C=O) groups excluding carboxylic acids is 1. The highest BCUT2D eigenvalue weighted by Crippen LogP contribution is 2.16. The minimum absolute atomic E-state index is 0.181. The molecule has 0 spiro atoms. The molecule has 0 amide bonds. The van der Waals surface area contributed by atoms with E-state index in [4.69, 9.17) is 0 Å². The minimum Gasteiger partial charge on any atom is -0.287 e. The SMILES string of the molecule is Cc1cc(C(=O)c2ccnn2-c2ccccc2)ccc1F. The Kier molecular flexibility index (Phi) is 3.36. The smallest absolute Gasteiger partial charge is 0.211 e. The van der Waals surface area contributed by atoms with E-state index in [0.29, 0.717) is 16.8 Å². The highest BCUT2D eigenvalue weighted by Gasteiger charge is 2.16. The van der Waals surface area contributed by atoms with Crippen molar-refractivity contribution in [3.8, 4) is 5.69 Å². The van der Waals surface area contributed by atoms with Gasteiger partial charge in [-0.05, 0) is 48.9 Å². The third-order valence-corrected chi connectivity index (χ3v) is 3.30. The van der Waals surface area contributed by atoms with Crippen LogP contribution < -0.4 is 0 Å². The van der Waals surface area contributed by atoms with Crippen molar-refractivity contribution < 1.29 is 9.18 Å². The highest BCUT2D eigenvalue weighted by atomic mass is 19.1. The number of carbonyl (C=O) groups is 1. The zero-order valence-corrected chi connectivity index (χ0v) is 11.5. The fourth-order valence-electron chi connectivity index (χ4n) is 2.18. The predicted molar refractivity (Wildman–Crippen MR) is 78.1 cm³/mol. The lowest BCUT2D eigenvalue weighted by molar-refractivity contribution is 0.103. The Morgan fingerprint density at radius 2 is 1.86 bits per heavy atom. The third kappa shape index (κ3) is 2.48. The van der Waals surface area contributed by atoms with E-state index >= 15 is 0 Å². The molecule has 3 nitrogen and oxygen atoms in total. The van der Waals surface area contributed by atoms with Crippen LogP contribution in [0.15, 0.2) is 60.8 Å². The van der Waals surface area contributed by atoms with Gasteiger partial charge in [0.05, 0.1) is 11.9 Å². The van der Waals surface area contributed by atoms with Crippen molar-refractivity contribution in [1.29, 1.82) is 0 Å². The molecule has 21 heavy (non-hydrogen) atoms. The van der Waals surface area contributed by atoms with Crippen LogP contribution in [0.5, 0.6) is 0 Å². The van der Waals surface area contributed by atoms with Crippen LogP contribution in [0.2, 0.25) is 0 Å². The van der Waals surface area contributed by atoms with Crippen molar-refractivity contribution in [3.63, 3.8) is 0 Å². The van der Waals surface area contributed by atoms with Crippen LogP contribution >= 0.6 is 0 Å². The Morgan fingerprint density at radius 1 is 1.10 bits per heavy atom. The van der Waals surface area contributed by atoms with E-state index < -0.39 is 0 Å². The molecular formula is C17H13FN2O. The molecule has 0 unspecified atom stereocenters. The summed E-state index contributed by atoms with van der Waals surface area (Å²) in [7, 11) is 0. The number of aromatic nitrogens is 2. The third-order valence-electron chi connectivity index (χ3n) is 3.30. The number of hydrogen-bond donors (Lipinski definition) is 0. The van der Waals surface area contributed by atoms with Crippen molar-refractivity contribution in [1.82, 2.24) is 9.78 Å². The standard InChI is InChI=1S/C17H13FN2O/c1-12-11-13(7-8-15(12)18)17(21)16-9-10-19-20(16)14-5-3-2-4-6-14/h2-11H,1H3. The molecule has 4 heteroatoms. The summed E-state index contributed by atoms with van der Waals surface area (Å²) < 4.78 is 14.9. The van der Waals surface area contributed by atoms with Gasteiger partial charge in [-0.15, -0.1) is 0 Å². The average molecular weight is 280 g/mol. The number of hydrogen-bond acceptors (Lipinski definition) is 2. The molecule has 1 aromatic heterocycles. The quantitative estimate of drug-likeness (QED) is 0.688. The van der Waals surface area contributed by atoms with Crippen LogP contribution in [0.4, 0.5) is 4.39 Å². The van der Waals surface area contributed by atoms with Crippen LogP contribution in [0.25, 0.3) is 5.69 Å². The van der Waals surface area contributed by atoms with Gasteiger partial charge in [0.25, 0.3) is 0 Å². The fraction of sp³-hybridized carbons (Fsp3) is 0.0588. The number of aryl methyl sites for hydroxylation is 1. The maximum atomic E-state index is 13.3. The van der Waals surface area contributed by atoms with Gasteiger partial charge in [0, 0.05) is 5.56 Å². The zero-order chi connectivity index (χ0) is 14.8. The Hall–Kier alpha value is -2.75. The van der Waals surface area contributed by atoms with Gasteiger partial charge in [0.2, 0.25) is 5.78 Å². The fourth-order valence-corrected chi connectivity index (χ4v) is 2.18. The lowest BCUT2D eigenvalue weighted by Gasteiger charge is -2.07. The second-order valence-corrected chi connectivity index (χ2v) is 4.76. The molecule has 3 aromatic rings. The number of rotatable bonds is 3. The van der Waals surface area contributed by atoms with E-state index in [0.717, 1.165) is 5.69 Å². The van der Waals surface area contributed by atoms with E-state index in [9.17, 15) is 9.18 Å². The Balaban J connectivity index is 2.03. The van der Waals surface area contributed by atoms with Crippen LogP contribution in [-0.4, -0.2) is 15.6 Å². The van der Waals surface area contributed by atoms with Crippen molar-refractivity contribution >= 4 is 5.78 Å². The topological polar surface area (TPSA) is 34.9 Å². The average Bonchev–Trinajstić information content (AvgIpc) is 2.99. The molecule has 0 atom stereocenters. The van der Waals surface area contributed by atoms with Gasteiger partial charge in [-0.25, -0.2) is 9.07 Å². The molecule has 0 radical (unpaired) electrons. The maximum absolute atomic E-state index is 13.3. The van der Waals surface area contributed by atoms with Crippen LogP contribution in [0.1, 0.15) is 21.6 Å². The molecule has 0 bridgehead atoms. The molecule has 0 saturated carbocycles. The largest absolute Gasteiger partial charge is 0.287 e. The first-order valence-corrected chi connectivity index (χ1v) is 6.57. The molecule has 0 aliphatic heterocycles. The number of nitrogens with zero attached hydrogens (tertiary/aromatic N) is 2. The van der Waals surface area contributed by atoms with Crippen molar-refractivity contribution in [3.05, 3.63) is 83.4 Å². The van der Waals surface area contributed by atoms with Gasteiger partial charge in [-0.2, -0.15) is 5.10 Å². The first kappa shape index (κ1) is 13.2. The summed E-state index contributed by atoms with van der Waals surface area (Å²) in [4.78, 5) is 12.6. The summed E-state index contributed by atoms with van der Waals surface area (Å²) in [6.07, 6.45) is 1.58. The van der Waals surface area contributed by atoms with Crippen LogP contribution in [0, 0.1) is 12.7 Å². The van der Waals surface area contributed by atoms with E-state index in [-0.39, 0.29) is 11.6 Å². The predicted octanol–water partition coefficient (Wildman–Crippen LogP) is 3.55. The van der Waals surface area contributed by atoms with Crippen molar-refractivity contribution in [2.45, 2.75) is 6.92 Å². The number of ketones is 1. The number of benzene rings is 2. The lowest BCUT2D eigenvalue weighted by atomic mass is 10.1. The molecular weight excluding hydrogens is 267 g/mol. The van der Waals surface area contributed by atoms with E-state index in [1.165, 1.54) is 12.1 Å². The van der Waals surface area contributed by atoms with Gasteiger partial charge in [-0.3, -0.25) is 4.79 Å². The second-order valence-electron chi connectivity index (χ2n) is 4.76. The van der Waals surface area contributed by atoms with E-state index in [2.05, 4.69) is 5.10 Å². The number of halogens is 1. The van der Waals surface area contributed by atoms with Crippen LogP contribution in [-0.2, 0) is 0 Å². The van der Waals surface area contributed by atoms with Gasteiger partial charge in [0.1, 0.15) is 11.5 Å². The molecule has 2 aromatic carbocycles. The molecule has 0 fully saturated rings. The Morgan fingerprint density at radius 3 is 2.57 bits per heavy atom. The van der Waals surface area contributed by atoms with Gasteiger partial charge in [-0.1, -0.05) is 18.2 Å². The van der Waals surface area contributed by atoms with Crippen LogP contribution in [0.3, 0.4) is 0 Å². The summed E-state index contributed by atoms with van der Waals surface area (Å²) in [5, 5.41) is 4.19. The van der Waals surface area contributed by atoms with E-state index in [1.807, 2.05) is 30.3 Å². The lowest BCUT2D eigenvalue weighted by Crippen LogP contribution is -2.10. The molecule has 104 valence electrons. The Labute approximate surface area is 121 Å². The zero-order valence-electron chi connectivity index (χ0n) is 11.5. The minimum atomic E-state index is -0.317. The summed E-state index contributed by atoms with van der Waals surface area (Å²) in [6, 6.07) is 15.4. The van der Waals surface area contributed by atoms with E-state index in [1.54, 1.807) is 29.9 Å². The monoisotopic (exact) mass is 280 g/mol. The molecule has 0 aliphatic carbocycles. The van der Waals surface area contributed by atoms with Gasteiger partial charge in [0.15, 0.2) is 0 Å². The second kappa shape index (κ2) is 5.32. The summed E-state index contributed by atoms with van der Waals surface area (Å²) in [5.74, 6) is -0.498. The normalized spacial score (nSPS) is 10.6. The molecule has 0 saturated heterocycles. The highest BCUT2D eigenvalue weighted by molar-refractivity contribution is 6.08. The molecule has 0 aliphatic rings. The Bertz CT molecular complexity index is 794. The molecule has 0 N–H and O–H groups in total. The molecule has 1 heterocycles. The van der Waals surface area contributed by atoms with Gasteiger partial charge >= 0.3 is 0 Å². The van der Waals surface area contributed by atoms with Gasteiger partial charge < -0.3 is 0 Å². The first-order chi connectivity index (χ1) is 10.2. The van der Waals surface area contributed by atoms with Crippen molar-refractivity contribution in [2.75, 3.05) is 0 Å². The maximum Gasteiger partial charge on any atom is 0.211 e. The number of para-hydroxylation sites is 1. The molecule has 3 rings (SSSR count). The summed E-state index contributed by atoms with van der Waals surface area (Å²) in [6.45, 7) is 1.64. The van der Waals surface area contributed by atoms with Crippen molar-refractivity contribution in [2.24, 2.45) is 0 Å². The summed E-state index contributed by atoms with van der Waals surface area (Å²) in [5.41, 5.74) is 2.16.